The number of ether oxygens (including phenoxy) is 1. The van der Waals surface area contributed by atoms with E-state index >= 15 is 0 Å². The van der Waals surface area contributed by atoms with Crippen LogP contribution in [0.1, 0.15) is 72.4 Å². The molecule has 22 heavy (non-hydrogen) atoms. The van der Waals surface area contributed by atoms with Crippen molar-refractivity contribution in [3.63, 3.8) is 0 Å². The van der Waals surface area contributed by atoms with Crippen molar-refractivity contribution in [3.8, 4) is 5.75 Å². The van der Waals surface area contributed by atoms with Gasteiger partial charge in [-0.15, -0.1) is 0 Å². The van der Waals surface area contributed by atoms with E-state index in [0.717, 1.165) is 18.4 Å². The molecular formula is C20H30O2. The highest BCUT2D eigenvalue weighted by atomic mass is 16.5. The van der Waals surface area contributed by atoms with Gasteiger partial charge in [-0.2, -0.15) is 0 Å². The number of carbonyl (C=O) groups is 1. The zero-order valence-electron chi connectivity index (χ0n) is 15.2. The van der Waals surface area contributed by atoms with Crippen LogP contribution >= 0.6 is 0 Å². The van der Waals surface area contributed by atoms with Crippen LogP contribution in [-0.4, -0.2) is 5.97 Å². The van der Waals surface area contributed by atoms with Gasteiger partial charge < -0.3 is 4.74 Å². The molecule has 2 nitrogen and oxygen atoms in total. The van der Waals surface area contributed by atoms with Crippen LogP contribution < -0.4 is 4.74 Å². The highest BCUT2D eigenvalue weighted by Crippen LogP contribution is 2.42. The zero-order valence-corrected chi connectivity index (χ0v) is 15.2. The van der Waals surface area contributed by atoms with Gasteiger partial charge in [0.15, 0.2) is 0 Å². The summed E-state index contributed by atoms with van der Waals surface area (Å²) in [4.78, 5) is 12.0. The van der Waals surface area contributed by atoms with Gasteiger partial charge in [0.1, 0.15) is 5.75 Å². The molecule has 0 bridgehead atoms. The second kappa shape index (κ2) is 6.68. The standard InChI is InChI=1S/C20H30O2/c1-9-19(5,6)15-12-11-13-16(22-18(21)14(3)4)17(15)20(7,8)10-2/h11-13H,3,9-10H2,1-2,4-8H3. The van der Waals surface area contributed by atoms with Gasteiger partial charge in [-0.1, -0.05) is 60.3 Å². The fraction of sp³-hybridized carbons (Fsp3) is 0.550. The summed E-state index contributed by atoms with van der Waals surface area (Å²) in [5.41, 5.74) is 2.79. The maximum Gasteiger partial charge on any atom is 0.338 e. The molecule has 0 aliphatic carbocycles. The summed E-state index contributed by atoms with van der Waals surface area (Å²) in [6.45, 7) is 18.6. The molecule has 1 rings (SSSR count). The van der Waals surface area contributed by atoms with Crippen LogP contribution in [0.4, 0.5) is 0 Å². The van der Waals surface area contributed by atoms with E-state index in [-0.39, 0.29) is 16.8 Å². The van der Waals surface area contributed by atoms with Gasteiger partial charge in [-0.3, -0.25) is 0 Å². The number of esters is 1. The number of benzene rings is 1. The van der Waals surface area contributed by atoms with Crippen LogP contribution in [0.25, 0.3) is 0 Å². The van der Waals surface area contributed by atoms with E-state index in [4.69, 9.17) is 4.74 Å². The summed E-state index contributed by atoms with van der Waals surface area (Å²) in [6, 6.07) is 6.03. The molecular weight excluding hydrogens is 272 g/mol. The van der Waals surface area contributed by atoms with Crippen LogP contribution in [0, 0.1) is 0 Å². The second-order valence-corrected chi connectivity index (χ2v) is 7.32. The summed E-state index contributed by atoms with van der Waals surface area (Å²) >= 11 is 0. The molecule has 1 aromatic rings. The number of hydrogen-bond acceptors (Lipinski definition) is 2. The third-order valence-electron chi connectivity index (χ3n) is 4.75. The monoisotopic (exact) mass is 302 g/mol. The Balaban J connectivity index is 3.55. The zero-order chi connectivity index (χ0) is 17.1. The van der Waals surface area contributed by atoms with Gasteiger partial charge in [0.25, 0.3) is 0 Å². The molecule has 0 radical (unpaired) electrons. The molecule has 0 heterocycles. The second-order valence-electron chi connectivity index (χ2n) is 7.32. The van der Waals surface area contributed by atoms with Crippen LogP contribution in [-0.2, 0) is 15.6 Å². The summed E-state index contributed by atoms with van der Waals surface area (Å²) in [5, 5.41) is 0. The molecule has 0 saturated heterocycles. The number of carbonyl (C=O) groups excluding carboxylic acids is 1. The Morgan fingerprint density at radius 3 is 2.09 bits per heavy atom. The molecule has 0 aliphatic rings. The fourth-order valence-electron chi connectivity index (χ4n) is 2.43. The highest BCUT2D eigenvalue weighted by molar-refractivity contribution is 5.89. The van der Waals surface area contributed by atoms with Gasteiger partial charge in [-0.25, -0.2) is 4.79 Å². The van der Waals surface area contributed by atoms with Crippen molar-refractivity contribution in [1.29, 1.82) is 0 Å². The lowest BCUT2D eigenvalue weighted by Gasteiger charge is -2.34. The first-order chi connectivity index (χ1) is 10.1. The smallest absolute Gasteiger partial charge is 0.338 e. The maximum absolute atomic E-state index is 12.0. The SMILES string of the molecule is C=C(C)C(=O)Oc1cccc(C(C)(C)CC)c1C(C)(C)CC. The van der Waals surface area contributed by atoms with E-state index < -0.39 is 0 Å². The van der Waals surface area contributed by atoms with Gasteiger partial charge in [-0.05, 0) is 42.2 Å². The lowest BCUT2D eigenvalue weighted by atomic mass is 9.71. The lowest BCUT2D eigenvalue weighted by Crippen LogP contribution is -2.27. The van der Waals surface area contributed by atoms with E-state index in [1.807, 2.05) is 12.1 Å². The van der Waals surface area contributed by atoms with Crippen molar-refractivity contribution >= 4 is 5.97 Å². The van der Waals surface area contributed by atoms with E-state index in [1.54, 1.807) is 6.92 Å². The Morgan fingerprint density at radius 1 is 1.09 bits per heavy atom. The van der Waals surface area contributed by atoms with E-state index in [1.165, 1.54) is 5.56 Å². The van der Waals surface area contributed by atoms with Crippen molar-refractivity contribution in [2.24, 2.45) is 0 Å². The lowest BCUT2D eigenvalue weighted by molar-refractivity contribution is -0.130. The Kier molecular flexibility index (Phi) is 5.61. The largest absolute Gasteiger partial charge is 0.423 e. The Morgan fingerprint density at radius 2 is 1.64 bits per heavy atom. The average molecular weight is 302 g/mol. The van der Waals surface area contributed by atoms with Crippen molar-refractivity contribution in [3.05, 3.63) is 41.5 Å². The fourth-order valence-corrected chi connectivity index (χ4v) is 2.43. The van der Waals surface area contributed by atoms with Crippen LogP contribution in [0.3, 0.4) is 0 Å². The van der Waals surface area contributed by atoms with Gasteiger partial charge in [0.05, 0.1) is 0 Å². The molecule has 1 aromatic carbocycles. The first kappa shape index (κ1) is 18.5. The van der Waals surface area contributed by atoms with Crippen LogP contribution in [0.5, 0.6) is 5.75 Å². The Labute approximate surface area is 135 Å². The molecule has 0 amide bonds. The third-order valence-corrected chi connectivity index (χ3v) is 4.75. The van der Waals surface area contributed by atoms with Gasteiger partial charge >= 0.3 is 5.97 Å². The summed E-state index contributed by atoms with van der Waals surface area (Å²) in [5.74, 6) is 0.304. The molecule has 2 heteroatoms. The van der Waals surface area contributed by atoms with Crippen LogP contribution in [0.2, 0.25) is 0 Å². The van der Waals surface area contributed by atoms with E-state index in [0.29, 0.717) is 11.3 Å². The molecule has 0 N–H and O–H groups in total. The molecule has 0 aliphatic heterocycles. The first-order valence-electron chi connectivity index (χ1n) is 8.08. The third kappa shape index (κ3) is 3.79. The quantitative estimate of drug-likeness (QED) is 0.391. The number of rotatable bonds is 6. The highest BCUT2D eigenvalue weighted by Gasteiger charge is 2.32. The minimum atomic E-state index is -0.361. The Hall–Kier alpha value is -1.57. The van der Waals surface area contributed by atoms with Crippen molar-refractivity contribution < 1.29 is 9.53 Å². The molecule has 0 aromatic heterocycles. The van der Waals surface area contributed by atoms with Crippen molar-refractivity contribution in [1.82, 2.24) is 0 Å². The minimum Gasteiger partial charge on any atom is -0.423 e. The van der Waals surface area contributed by atoms with Crippen molar-refractivity contribution in [2.75, 3.05) is 0 Å². The van der Waals surface area contributed by atoms with Gasteiger partial charge in [0, 0.05) is 11.1 Å². The topological polar surface area (TPSA) is 26.3 Å². The van der Waals surface area contributed by atoms with Gasteiger partial charge in [0.2, 0.25) is 0 Å². The Bertz CT molecular complexity index is 565. The first-order valence-corrected chi connectivity index (χ1v) is 8.08. The number of hydrogen-bond donors (Lipinski definition) is 0. The summed E-state index contributed by atoms with van der Waals surface area (Å²) in [7, 11) is 0. The summed E-state index contributed by atoms with van der Waals surface area (Å²) < 4.78 is 5.64. The van der Waals surface area contributed by atoms with Crippen molar-refractivity contribution in [2.45, 2.75) is 72.1 Å². The molecule has 0 atom stereocenters. The van der Waals surface area contributed by atoms with E-state index in [2.05, 4.69) is 54.2 Å². The molecule has 0 fully saturated rings. The molecule has 0 saturated carbocycles. The minimum absolute atomic E-state index is 0.0351. The summed E-state index contributed by atoms with van der Waals surface area (Å²) in [6.07, 6.45) is 2.00. The normalized spacial score (nSPS) is 12.1. The predicted octanol–water partition coefficient (Wildman–Crippen LogP) is 5.54. The maximum atomic E-state index is 12.0. The molecule has 122 valence electrons. The predicted molar refractivity (Wildman–Crippen MR) is 93.5 cm³/mol. The average Bonchev–Trinajstić information content (AvgIpc) is 2.46. The molecule has 0 unspecified atom stereocenters. The van der Waals surface area contributed by atoms with Crippen LogP contribution in [0.15, 0.2) is 30.4 Å². The van der Waals surface area contributed by atoms with E-state index in [9.17, 15) is 4.79 Å². The molecule has 0 spiro atoms.